The molecule has 4 unspecified atom stereocenters. The summed E-state index contributed by atoms with van der Waals surface area (Å²) in [4.78, 5) is 0. The van der Waals surface area contributed by atoms with Crippen LogP contribution in [0, 0.1) is 23.7 Å². The summed E-state index contributed by atoms with van der Waals surface area (Å²) >= 11 is 0. The molecule has 0 radical (unpaired) electrons. The fraction of sp³-hybridized carbons (Fsp3) is 0.429. The highest BCUT2D eigenvalue weighted by Gasteiger charge is 2.44. The van der Waals surface area contributed by atoms with Crippen LogP contribution in [0.15, 0.2) is 49.6 Å². The molecule has 1 fully saturated rings. The Balaban J connectivity index is 0.000000165. The van der Waals surface area contributed by atoms with Gasteiger partial charge >= 0.3 is 0 Å². The lowest BCUT2D eigenvalue weighted by molar-refractivity contribution is 0.398. The first-order valence-corrected chi connectivity index (χ1v) is 5.45. The van der Waals surface area contributed by atoms with Crippen LogP contribution in [0.4, 0.5) is 0 Å². The van der Waals surface area contributed by atoms with Gasteiger partial charge < -0.3 is 0 Å². The second kappa shape index (κ2) is 4.00. The Kier molecular flexibility index (Phi) is 2.72. The van der Waals surface area contributed by atoms with Crippen molar-refractivity contribution in [2.75, 3.05) is 0 Å². The monoisotopic (exact) mass is 186 g/mol. The van der Waals surface area contributed by atoms with Crippen molar-refractivity contribution in [3.8, 4) is 0 Å². The van der Waals surface area contributed by atoms with E-state index in [0.29, 0.717) is 0 Å². The Bertz CT molecular complexity index is 276. The predicted octanol–water partition coefficient (Wildman–Crippen LogP) is 3.74. The average Bonchev–Trinajstić information content (AvgIpc) is 2.90. The van der Waals surface area contributed by atoms with Crippen LogP contribution in [0.1, 0.15) is 12.8 Å². The minimum atomic E-state index is 0.925. The molecule has 14 heavy (non-hydrogen) atoms. The molecule has 74 valence electrons. The largest absolute Gasteiger partial charge is 0.0991 e. The van der Waals surface area contributed by atoms with Crippen molar-refractivity contribution < 1.29 is 0 Å². The molecule has 0 N–H and O–H groups in total. The van der Waals surface area contributed by atoms with E-state index in [0.717, 1.165) is 23.7 Å². The Morgan fingerprint density at radius 2 is 1.71 bits per heavy atom. The molecule has 0 heteroatoms. The fourth-order valence-electron chi connectivity index (χ4n) is 2.97. The third-order valence-electron chi connectivity index (χ3n) is 3.62. The molecular weight excluding hydrogens is 168 g/mol. The molecular formula is C14H18. The van der Waals surface area contributed by atoms with Gasteiger partial charge in [-0.25, -0.2) is 0 Å². The number of fused-ring (bicyclic) bond motifs is 5. The number of allylic oxidation sites excluding steroid dienone is 6. The van der Waals surface area contributed by atoms with Gasteiger partial charge in [-0.05, 0) is 36.5 Å². The van der Waals surface area contributed by atoms with Gasteiger partial charge in [-0.15, -0.1) is 0 Å². The molecule has 0 aromatic carbocycles. The lowest BCUT2D eigenvalue weighted by Crippen LogP contribution is -2.12. The second-order valence-electron chi connectivity index (χ2n) is 4.32. The lowest BCUT2D eigenvalue weighted by Gasteiger charge is -2.18. The van der Waals surface area contributed by atoms with E-state index < -0.39 is 0 Å². The molecule has 0 amide bonds. The van der Waals surface area contributed by atoms with Crippen molar-refractivity contribution in [1.82, 2.24) is 0 Å². The van der Waals surface area contributed by atoms with Crippen LogP contribution in [-0.4, -0.2) is 0 Å². The maximum absolute atomic E-state index is 3.36. The maximum atomic E-state index is 3.36. The molecule has 0 spiro atoms. The van der Waals surface area contributed by atoms with Gasteiger partial charge in [-0.2, -0.15) is 0 Å². The third kappa shape index (κ3) is 1.50. The van der Waals surface area contributed by atoms with E-state index in [4.69, 9.17) is 0 Å². The zero-order valence-electron chi connectivity index (χ0n) is 8.60. The van der Waals surface area contributed by atoms with Crippen molar-refractivity contribution in [2.24, 2.45) is 23.7 Å². The van der Waals surface area contributed by atoms with Crippen molar-refractivity contribution in [3.05, 3.63) is 49.6 Å². The first-order chi connectivity index (χ1) is 6.86. The topological polar surface area (TPSA) is 0 Å². The highest BCUT2D eigenvalue weighted by molar-refractivity contribution is 5.21. The first-order valence-electron chi connectivity index (χ1n) is 5.45. The standard InChI is InChI=1S/C10H12.C4H6/c1-2-9-7-4-5-8(6-7)10(9)3-1;1-3-4-2/h1-2,4-5,7-10H,3,6H2;3-4H,1-2H2. The molecule has 0 aromatic heterocycles. The molecule has 0 aliphatic heterocycles. The first kappa shape index (κ1) is 9.51. The Morgan fingerprint density at radius 1 is 1.00 bits per heavy atom. The summed E-state index contributed by atoms with van der Waals surface area (Å²) in [7, 11) is 0. The van der Waals surface area contributed by atoms with Crippen LogP contribution in [0.2, 0.25) is 0 Å². The fourth-order valence-corrected chi connectivity index (χ4v) is 2.97. The van der Waals surface area contributed by atoms with Crippen molar-refractivity contribution in [3.63, 3.8) is 0 Å². The summed E-state index contributed by atoms with van der Waals surface area (Å²) in [5.74, 6) is 3.82. The normalized spacial score (nSPS) is 40.3. The van der Waals surface area contributed by atoms with E-state index in [-0.39, 0.29) is 0 Å². The van der Waals surface area contributed by atoms with E-state index in [1.807, 2.05) is 0 Å². The van der Waals surface area contributed by atoms with Gasteiger partial charge in [0.05, 0.1) is 0 Å². The van der Waals surface area contributed by atoms with Crippen LogP contribution in [0.3, 0.4) is 0 Å². The van der Waals surface area contributed by atoms with E-state index in [9.17, 15) is 0 Å². The van der Waals surface area contributed by atoms with Crippen molar-refractivity contribution >= 4 is 0 Å². The van der Waals surface area contributed by atoms with E-state index >= 15 is 0 Å². The van der Waals surface area contributed by atoms with Crippen LogP contribution < -0.4 is 0 Å². The van der Waals surface area contributed by atoms with E-state index in [1.165, 1.54) is 12.8 Å². The molecule has 3 aliphatic carbocycles. The number of hydrogen-bond acceptors (Lipinski definition) is 0. The molecule has 3 rings (SSSR count). The van der Waals surface area contributed by atoms with Crippen molar-refractivity contribution in [1.29, 1.82) is 0 Å². The number of rotatable bonds is 1. The minimum absolute atomic E-state index is 0.925. The lowest BCUT2D eigenvalue weighted by atomic mass is 9.86. The highest BCUT2D eigenvalue weighted by Crippen LogP contribution is 2.52. The van der Waals surface area contributed by atoms with Gasteiger partial charge in [0.25, 0.3) is 0 Å². The molecule has 1 saturated carbocycles. The van der Waals surface area contributed by atoms with Crippen LogP contribution >= 0.6 is 0 Å². The van der Waals surface area contributed by atoms with E-state index in [1.54, 1.807) is 12.2 Å². The number of hydrogen-bond donors (Lipinski definition) is 0. The summed E-state index contributed by atoms with van der Waals surface area (Å²) in [6.45, 7) is 6.72. The molecule has 2 bridgehead atoms. The molecule has 3 aliphatic rings. The minimum Gasteiger partial charge on any atom is -0.0991 e. The Morgan fingerprint density at radius 3 is 2.36 bits per heavy atom. The van der Waals surface area contributed by atoms with Gasteiger partial charge in [0, 0.05) is 0 Å². The molecule has 4 atom stereocenters. The zero-order valence-corrected chi connectivity index (χ0v) is 8.60. The Hall–Kier alpha value is -1.04. The summed E-state index contributed by atoms with van der Waals surface area (Å²) < 4.78 is 0. The molecule has 0 heterocycles. The highest BCUT2D eigenvalue weighted by atomic mass is 14.5. The van der Waals surface area contributed by atoms with Crippen LogP contribution in [0.25, 0.3) is 0 Å². The van der Waals surface area contributed by atoms with E-state index in [2.05, 4.69) is 37.5 Å². The molecule has 0 aromatic rings. The smallest absolute Gasteiger partial charge is 0.0133 e. The summed E-state index contributed by atoms with van der Waals surface area (Å²) in [5, 5.41) is 0. The summed E-state index contributed by atoms with van der Waals surface area (Å²) in [6, 6.07) is 0. The van der Waals surface area contributed by atoms with Gasteiger partial charge in [0.2, 0.25) is 0 Å². The van der Waals surface area contributed by atoms with Gasteiger partial charge in [-0.3, -0.25) is 0 Å². The summed E-state index contributed by atoms with van der Waals surface area (Å²) in [5.41, 5.74) is 0. The van der Waals surface area contributed by atoms with Gasteiger partial charge in [0.1, 0.15) is 0 Å². The van der Waals surface area contributed by atoms with Gasteiger partial charge in [0.15, 0.2) is 0 Å². The average molecular weight is 186 g/mol. The second-order valence-corrected chi connectivity index (χ2v) is 4.32. The SMILES string of the molecule is C1=CC2C3C=CC(C3)C2C1.C=CC=C. The maximum Gasteiger partial charge on any atom is -0.0133 e. The third-order valence-corrected chi connectivity index (χ3v) is 3.62. The van der Waals surface area contributed by atoms with Crippen molar-refractivity contribution in [2.45, 2.75) is 12.8 Å². The summed E-state index contributed by atoms with van der Waals surface area (Å²) in [6.07, 6.45) is 15.8. The molecule has 0 saturated heterocycles. The molecule has 0 nitrogen and oxygen atoms in total. The predicted molar refractivity (Wildman–Crippen MR) is 61.9 cm³/mol. The van der Waals surface area contributed by atoms with Crippen LogP contribution in [-0.2, 0) is 0 Å². The quantitative estimate of drug-likeness (QED) is 0.432. The Labute approximate surface area is 86.7 Å². The van der Waals surface area contributed by atoms with Gasteiger partial charge in [-0.1, -0.05) is 49.6 Å². The van der Waals surface area contributed by atoms with Crippen LogP contribution in [0.5, 0.6) is 0 Å². The zero-order chi connectivity index (χ0) is 9.97.